The number of alkyl halides is 5. The van der Waals surface area contributed by atoms with Crippen LogP contribution in [0.5, 0.6) is 0 Å². The number of benzene rings is 1. The van der Waals surface area contributed by atoms with Gasteiger partial charge in [0.25, 0.3) is 5.91 Å². The Morgan fingerprint density at radius 3 is 2.71 bits per heavy atom. The summed E-state index contributed by atoms with van der Waals surface area (Å²) in [7, 11) is 0. The fourth-order valence-corrected chi connectivity index (χ4v) is 2.95. The summed E-state index contributed by atoms with van der Waals surface area (Å²) >= 11 is 0. The number of rotatable bonds is 11. The van der Waals surface area contributed by atoms with Gasteiger partial charge >= 0.3 is 12.8 Å². The highest BCUT2D eigenvalue weighted by molar-refractivity contribution is 5.93. The van der Waals surface area contributed by atoms with Gasteiger partial charge in [-0.25, -0.2) is 4.98 Å². The maximum atomic E-state index is 12.3. The summed E-state index contributed by atoms with van der Waals surface area (Å²) in [6.07, 6.45) is -3.50. The summed E-state index contributed by atoms with van der Waals surface area (Å²) in [5, 5.41) is 9.01. The van der Waals surface area contributed by atoms with Gasteiger partial charge in [0.2, 0.25) is 5.91 Å². The molecule has 0 fully saturated rings. The van der Waals surface area contributed by atoms with Crippen molar-refractivity contribution in [3.63, 3.8) is 0 Å². The van der Waals surface area contributed by atoms with Crippen molar-refractivity contribution < 1.29 is 36.3 Å². The number of amides is 2. The average molecular weight is 488 g/mol. The van der Waals surface area contributed by atoms with Crippen LogP contribution in [0.3, 0.4) is 0 Å². The molecule has 3 N–H and O–H groups in total. The van der Waals surface area contributed by atoms with Crippen molar-refractivity contribution in [2.24, 2.45) is 0 Å². The molecule has 1 aromatic carbocycles. The lowest BCUT2D eigenvalue weighted by atomic mass is 10.2. The molecular weight excluding hydrogens is 467 g/mol. The highest BCUT2D eigenvalue weighted by atomic mass is 19.4. The van der Waals surface area contributed by atoms with Gasteiger partial charge in [-0.2, -0.15) is 27.1 Å². The minimum atomic E-state index is -4.39. The lowest BCUT2D eigenvalue weighted by Crippen LogP contribution is -2.24. The zero-order chi connectivity index (χ0) is 24.7. The monoisotopic (exact) mass is 488 g/mol. The predicted molar refractivity (Wildman–Crippen MR) is 109 cm³/mol. The summed E-state index contributed by atoms with van der Waals surface area (Å²) < 4.78 is 66.0. The minimum absolute atomic E-state index is 0.0596. The summed E-state index contributed by atoms with van der Waals surface area (Å²) in [5.41, 5.74) is 2.12. The number of aromatic nitrogens is 4. The molecule has 0 aliphatic carbocycles. The van der Waals surface area contributed by atoms with Crippen molar-refractivity contribution in [3.05, 3.63) is 47.5 Å². The largest absolute Gasteiger partial charge is 0.389 e. The molecule has 0 saturated carbocycles. The molecule has 3 rings (SSSR count). The van der Waals surface area contributed by atoms with Crippen molar-refractivity contribution in [1.82, 2.24) is 30.4 Å². The third-order valence-corrected chi connectivity index (χ3v) is 4.60. The van der Waals surface area contributed by atoms with E-state index in [0.717, 1.165) is 0 Å². The first-order valence-electron chi connectivity index (χ1n) is 10.1. The smallest absolute Gasteiger partial charge is 0.352 e. The van der Waals surface area contributed by atoms with Gasteiger partial charge < -0.3 is 20.4 Å². The molecular formula is C20H21F5N6O3. The lowest BCUT2D eigenvalue weighted by molar-refractivity contribution is -0.144. The molecule has 0 bridgehead atoms. The van der Waals surface area contributed by atoms with Crippen LogP contribution in [0.15, 0.2) is 30.6 Å². The van der Waals surface area contributed by atoms with Gasteiger partial charge in [-0.3, -0.25) is 14.3 Å². The number of aromatic amines is 1. The maximum Gasteiger partial charge on any atom is 0.389 e. The van der Waals surface area contributed by atoms with E-state index in [2.05, 4.69) is 30.4 Å². The first-order valence-corrected chi connectivity index (χ1v) is 10.1. The number of hydrogen-bond donors (Lipinski definition) is 3. The van der Waals surface area contributed by atoms with Gasteiger partial charge in [0, 0.05) is 19.2 Å². The third kappa shape index (κ3) is 7.79. The Labute approximate surface area is 189 Å². The minimum Gasteiger partial charge on any atom is -0.352 e. The Hall–Kier alpha value is -3.55. The van der Waals surface area contributed by atoms with Gasteiger partial charge in [-0.05, 0) is 17.7 Å². The molecule has 0 radical (unpaired) electrons. The van der Waals surface area contributed by atoms with E-state index < -0.39 is 37.4 Å². The molecule has 0 atom stereocenters. The van der Waals surface area contributed by atoms with E-state index in [-0.39, 0.29) is 31.8 Å². The van der Waals surface area contributed by atoms with Crippen molar-refractivity contribution in [1.29, 1.82) is 0 Å². The van der Waals surface area contributed by atoms with E-state index in [1.165, 1.54) is 17.1 Å². The number of nitrogens with zero attached hydrogens (tertiary/aromatic N) is 3. The first kappa shape index (κ1) is 25.1. The fraction of sp³-hybridized carbons (Fsp3) is 0.400. The number of H-pyrrole nitrogens is 1. The van der Waals surface area contributed by atoms with E-state index in [4.69, 9.17) is 0 Å². The number of carbonyl (C=O) groups is 2. The van der Waals surface area contributed by atoms with Gasteiger partial charge in [0.1, 0.15) is 5.82 Å². The molecule has 0 saturated heterocycles. The highest BCUT2D eigenvalue weighted by Gasteiger charge is 2.27. The Bertz CT molecular complexity index is 1130. The second-order valence-electron chi connectivity index (χ2n) is 7.23. The van der Waals surface area contributed by atoms with E-state index in [1.54, 1.807) is 18.2 Å². The average Bonchev–Trinajstić information content (AvgIpc) is 3.40. The molecule has 0 aliphatic rings. The normalized spacial score (nSPS) is 11.8. The molecule has 0 aliphatic heterocycles. The molecule has 3 aromatic rings. The summed E-state index contributed by atoms with van der Waals surface area (Å²) in [6.45, 7) is -2.94. The molecule has 2 aromatic heterocycles. The van der Waals surface area contributed by atoms with E-state index in [1.807, 2.05) is 0 Å². The zero-order valence-corrected chi connectivity index (χ0v) is 17.7. The van der Waals surface area contributed by atoms with Crippen LogP contribution in [0.2, 0.25) is 0 Å². The molecule has 184 valence electrons. The van der Waals surface area contributed by atoms with Crippen LogP contribution in [0.25, 0.3) is 11.0 Å². The number of carbonyl (C=O) groups excluding carboxylic acids is 2. The predicted octanol–water partition coefficient (Wildman–Crippen LogP) is 2.89. The van der Waals surface area contributed by atoms with Crippen LogP contribution >= 0.6 is 0 Å². The van der Waals surface area contributed by atoms with Crippen LogP contribution in [0.1, 0.15) is 34.6 Å². The quantitative estimate of drug-likeness (QED) is 0.359. The fourth-order valence-electron chi connectivity index (χ4n) is 2.95. The molecule has 34 heavy (non-hydrogen) atoms. The Morgan fingerprint density at radius 1 is 1.18 bits per heavy atom. The standard InChI is InChI=1S/C20H21F5N6O3/c21-19(22)34-6-5-31-11-13(9-28-31)18(33)27-10-16-29-14-2-1-12(7-15(14)30-16)8-26-17(32)3-4-20(23,24)25/h1-2,7,9,11,19H,3-6,8,10H2,(H,26,32)(H,27,33)(H,29,30). The van der Waals surface area contributed by atoms with Gasteiger partial charge in [-0.1, -0.05) is 6.07 Å². The van der Waals surface area contributed by atoms with Gasteiger partial charge in [-0.15, -0.1) is 0 Å². The molecule has 14 heteroatoms. The van der Waals surface area contributed by atoms with Crippen LogP contribution in [0.4, 0.5) is 22.0 Å². The molecule has 0 unspecified atom stereocenters. The number of imidazole rings is 1. The van der Waals surface area contributed by atoms with E-state index >= 15 is 0 Å². The van der Waals surface area contributed by atoms with Crippen molar-refractivity contribution >= 4 is 22.8 Å². The topological polar surface area (TPSA) is 114 Å². The number of halogens is 5. The van der Waals surface area contributed by atoms with Crippen LogP contribution in [-0.2, 0) is 29.2 Å². The Balaban J connectivity index is 1.50. The van der Waals surface area contributed by atoms with Crippen LogP contribution < -0.4 is 10.6 Å². The van der Waals surface area contributed by atoms with E-state index in [0.29, 0.717) is 22.4 Å². The molecule has 9 nitrogen and oxygen atoms in total. The van der Waals surface area contributed by atoms with Crippen molar-refractivity contribution in [2.45, 2.75) is 45.3 Å². The van der Waals surface area contributed by atoms with Crippen molar-refractivity contribution in [3.8, 4) is 0 Å². The van der Waals surface area contributed by atoms with Gasteiger partial charge in [0.15, 0.2) is 0 Å². The number of nitrogens with one attached hydrogen (secondary N) is 3. The molecule has 2 heterocycles. The Kier molecular flexibility index (Phi) is 8.15. The number of hydrogen-bond acceptors (Lipinski definition) is 5. The van der Waals surface area contributed by atoms with E-state index in [9.17, 15) is 31.5 Å². The number of ether oxygens (including phenoxy) is 1. The molecule has 0 spiro atoms. The number of fused-ring (bicyclic) bond motifs is 1. The zero-order valence-electron chi connectivity index (χ0n) is 17.7. The molecule has 2 amide bonds. The SMILES string of the molecule is O=C(CCC(F)(F)F)NCc1ccc2nc(CNC(=O)c3cnn(CCOC(F)F)c3)[nH]c2c1. The third-order valence-electron chi connectivity index (χ3n) is 4.60. The highest BCUT2D eigenvalue weighted by Crippen LogP contribution is 2.21. The lowest BCUT2D eigenvalue weighted by Gasteiger charge is -2.07. The van der Waals surface area contributed by atoms with Gasteiger partial charge in [0.05, 0.1) is 48.9 Å². The van der Waals surface area contributed by atoms with Crippen LogP contribution in [0, 0.1) is 0 Å². The summed E-state index contributed by atoms with van der Waals surface area (Å²) in [5.74, 6) is -0.688. The second kappa shape index (κ2) is 11.0. The second-order valence-corrected chi connectivity index (χ2v) is 7.23. The maximum absolute atomic E-state index is 12.3. The Morgan fingerprint density at radius 2 is 1.97 bits per heavy atom. The van der Waals surface area contributed by atoms with Crippen LogP contribution in [-0.4, -0.2) is 51.0 Å². The summed E-state index contributed by atoms with van der Waals surface area (Å²) in [6, 6.07) is 5.06. The first-order chi connectivity index (χ1) is 16.1. The summed E-state index contributed by atoms with van der Waals surface area (Å²) in [4.78, 5) is 31.2. The van der Waals surface area contributed by atoms with Crippen molar-refractivity contribution in [2.75, 3.05) is 6.61 Å².